The van der Waals surface area contributed by atoms with Gasteiger partial charge in [0, 0.05) is 19.2 Å². The number of carbonyl (C=O) groups excluding carboxylic acids is 2. The van der Waals surface area contributed by atoms with Gasteiger partial charge in [-0.3, -0.25) is 9.59 Å². The van der Waals surface area contributed by atoms with E-state index < -0.39 is 6.04 Å². The Hall–Kier alpha value is -4.06. The van der Waals surface area contributed by atoms with Crippen molar-refractivity contribution in [1.29, 1.82) is 0 Å². The zero-order valence-electron chi connectivity index (χ0n) is 19.9. The number of rotatable bonds is 9. The van der Waals surface area contributed by atoms with E-state index in [4.69, 9.17) is 9.47 Å². The van der Waals surface area contributed by atoms with Gasteiger partial charge >= 0.3 is 0 Å². The second kappa shape index (κ2) is 11.9. The van der Waals surface area contributed by atoms with Crippen LogP contribution in [0.2, 0.25) is 0 Å². The minimum atomic E-state index is -0.445. The summed E-state index contributed by atoms with van der Waals surface area (Å²) in [6.45, 7) is 1.46. The largest absolute Gasteiger partial charge is 0.493 e. The molecule has 1 saturated heterocycles. The first-order valence-corrected chi connectivity index (χ1v) is 11.8. The maximum absolute atomic E-state index is 12.9. The van der Waals surface area contributed by atoms with E-state index >= 15 is 0 Å². The van der Waals surface area contributed by atoms with Crippen LogP contribution in [0.5, 0.6) is 11.5 Å². The van der Waals surface area contributed by atoms with E-state index in [1.54, 1.807) is 18.1 Å². The Morgan fingerprint density at radius 2 is 1.69 bits per heavy atom. The molecule has 6 heteroatoms. The Balaban J connectivity index is 1.35. The molecule has 2 amide bonds. The van der Waals surface area contributed by atoms with Gasteiger partial charge in [-0.1, -0.05) is 66.7 Å². The fourth-order valence-electron chi connectivity index (χ4n) is 4.11. The molecule has 0 radical (unpaired) electrons. The summed E-state index contributed by atoms with van der Waals surface area (Å²) in [6.07, 6.45) is 4.73. The summed E-state index contributed by atoms with van der Waals surface area (Å²) < 4.78 is 11.4. The third kappa shape index (κ3) is 6.51. The van der Waals surface area contributed by atoms with Gasteiger partial charge in [-0.25, -0.2) is 0 Å². The number of hydrogen-bond acceptors (Lipinski definition) is 4. The van der Waals surface area contributed by atoms with Crippen LogP contribution in [-0.4, -0.2) is 36.4 Å². The first-order chi connectivity index (χ1) is 17.1. The SMILES string of the molecule is COc1cc(/C=C/C(=O)N2CCC[C@@H]2C(=O)NCc2ccccc2)ccc1OCc1ccccc1. The van der Waals surface area contributed by atoms with Crippen LogP contribution >= 0.6 is 0 Å². The first-order valence-electron chi connectivity index (χ1n) is 11.8. The zero-order chi connectivity index (χ0) is 24.5. The van der Waals surface area contributed by atoms with Crippen LogP contribution in [0.3, 0.4) is 0 Å². The van der Waals surface area contributed by atoms with Crippen molar-refractivity contribution in [3.63, 3.8) is 0 Å². The average molecular weight is 471 g/mol. The molecule has 1 fully saturated rings. The number of hydrogen-bond donors (Lipinski definition) is 1. The predicted octanol–water partition coefficient (Wildman–Crippen LogP) is 4.59. The van der Waals surface area contributed by atoms with Crippen molar-refractivity contribution in [3.8, 4) is 11.5 Å². The highest BCUT2D eigenvalue weighted by molar-refractivity contribution is 5.96. The Bertz CT molecular complexity index is 1160. The lowest BCUT2D eigenvalue weighted by molar-refractivity contribution is -0.135. The van der Waals surface area contributed by atoms with Crippen LogP contribution in [0.25, 0.3) is 6.08 Å². The van der Waals surface area contributed by atoms with Crippen molar-refractivity contribution in [2.75, 3.05) is 13.7 Å². The molecule has 6 nitrogen and oxygen atoms in total. The van der Waals surface area contributed by atoms with Gasteiger partial charge in [-0.15, -0.1) is 0 Å². The lowest BCUT2D eigenvalue weighted by atomic mass is 10.1. The van der Waals surface area contributed by atoms with E-state index in [9.17, 15) is 9.59 Å². The summed E-state index contributed by atoms with van der Waals surface area (Å²) in [6, 6.07) is 24.8. The lowest BCUT2D eigenvalue weighted by Crippen LogP contribution is -2.45. The second-order valence-electron chi connectivity index (χ2n) is 8.41. The molecule has 3 aromatic carbocycles. The molecule has 3 aromatic rings. The van der Waals surface area contributed by atoms with Crippen LogP contribution in [0.4, 0.5) is 0 Å². The van der Waals surface area contributed by atoms with Crippen molar-refractivity contribution < 1.29 is 19.1 Å². The Morgan fingerprint density at radius 3 is 2.40 bits per heavy atom. The van der Waals surface area contributed by atoms with Crippen LogP contribution in [-0.2, 0) is 22.7 Å². The normalized spacial score (nSPS) is 15.2. The highest BCUT2D eigenvalue weighted by atomic mass is 16.5. The number of likely N-dealkylation sites (tertiary alicyclic amines) is 1. The number of benzene rings is 3. The molecular formula is C29H30N2O4. The molecular weight excluding hydrogens is 440 g/mol. The third-order valence-electron chi connectivity index (χ3n) is 5.99. The van der Waals surface area contributed by atoms with E-state index in [0.717, 1.165) is 23.1 Å². The molecule has 4 rings (SSSR count). The van der Waals surface area contributed by atoms with Gasteiger partial charge in [0.15, 0.2) is 11.5 Å². The molecule has 0 saturated carbocycles. The minimum absolute atomic E-state index is 0.116. The lowest BCUT2D eigenvalue weighted by Gasteiger charge is -2.22. The molecule has 1 aliphatic rings. The summed E-state index contributed by atoms with van der Waals surface area (Å²) in [5.41, 5.74) is 2.91. The average Bonchev–Trinajstić information content (AvgIpc) is 3.41. The molecule has 0 spiro atoms. The van der Waals surface area contributed by atoms with E-state index in [1.807, 2.05) is 78.9 Å². The first kappa shape index (κ1) is 24.1. The van der Waals surface area contributed by atoms with Gasteiger partial charge in [0.05, 0.1) is 7.11 Å². The van der Waals surface area contributed by atoms with E-state index in [0.29, 0.717) is 37.6 Å². The number of amides is 2. The fourth-order valence-corrected chi connectivity index (χ4v) is 4.11. The molecule has 1 atom stereocenters. The Kier molecular flexibility index (Phi) is 8.17. The van der Waals surface area contributed by atoms with E-state index in [-0.39, 0.29) is 11.8 Å². The fraction of sp³-hybridized carbons (Fsp3) is 0.241. The van der Waals surface area contributed by atoms with Crippen LogP contribution in [0.1, 0.15) is 29.5 Å². The van der Waals surface area contributed by atoms with Gasteiger partial charge in [-0.2, -0.15) is 0 Å². The zero-order valence-corrected chi connectivity index (χ0v) is 19.9. The summed E-state index contributed by atoms with van der Waals surface area (Å²) in [4.78, 5) is 27.3. The Labute approximate surface area is 206 Å². The molecule has 0 bridgehead atoms. The number of ether oxygens (including phenoxy) is 2. The van der Waals surface area contributed by atoms with Gasteiger partial charge in [0.25, 0.3) is 0 Å². The second-order valence-corrected chi connectivity index (χ2v) is 8.41. The number of nitrogens with zero attached hydrogens (tertiary/aromatic N) is 1. The van der Waals surface area contributed by atoms with E-state index in [1.165, 1.54) is 6.08 Å². The maximum Gasteiger partial charge on any atom is 0.247 e. The maximum atomic E-state index is 12.9. The van der Waals surface area contributed by atoms with Gasteiger partial charge < -0.3 is 19.7 Å². The molecule has 180 valence electrons. The van der Waals surface area contributed by atoms with Crippen molar-refractivity contribution in [2.45, 2.75) is 32.0 Å². The van der Waals surface area contributed by atoms with Crippen molar-refractivity contribution in [1.82, 2.24) is 10.2 Å². The molecule has 1 heterocycles. The smallest absolute Gasteiger partial charge is 0.247 e. The van der Waals surface area contributed by atoms with Gasteiger partial charge in [-0.05, 0) is 47.7 Å². The quantitative estimate of drug-likeness (QED) is 0.465. The van der Waals surface area contributed by atoms with Crippen molar-refractivity contribution in [3.05, 3.63) is 102 Å². The molecule has 35 heavy (non-hydrogen) atoms. The van der Waals surface area contributed by atoms with Crippen LogP contribution in [0.15, 0.2) is 84.9 Å². The summed E-state index contributed by atoms with van der Waals surface area (Å²) in [5.74, 6) is 0.935. The predicted molar refractivity (Wildman–Crippen MR) is 136 cm³/mol. The number of nitrogens with one attached hydrogen (secondary N) is 1. The van der Waals surface area contributed by atoms with Crippen molar-refractivity contribution >= 4 is 17.9 Å². The highest BCUT2D eigenvalue weighted by Gasteiger charge is 2.32. The third-order valence-corrected chi connectivity index (χ3v) is 5.99. The Morgan fingerprint density at radius 1 is 0.971 bits per heavy atom. The summed E-state index contributed by atoms with van der Waals surface area (Å²) in [7, 11) is 1.59. The van der Waals surface area contributed by atoms with Crippen LogP contribution in [0, 0.1) is 0 Å². The molecule has 1 aliphatic heterocycles. The standard InChI is InChI=1S/C29H30N2O4/c1-34-27-19-22(14-16-26(27)35-21-24-11-6-3-7-12-24)15-17-28(32)31-18-8-13-25(31)29(33)30-20-23-9-4-2-5-10-23/h2-7,9-12,14-17,19,25H,8,13,18,20-21H2,1H3,(H,30,33)/b17-15+/t25-/m1/s1. The topological polar surface area (TPSA) is 67.9 Å². The minimum Gasteiger partial charge on any atom is -0.493 e. The highest BCUT2D eigenvalue weighted by Crippen LogP contribution is 2.29. The van der Waals surface area contributed by atoms with Crippen LogP contribution < -0.4 is 14.8 Å². The number of carbonyl (C=O) groups is 2. The summed E-state index contributed by atoms with van der Waals surface area (Å²) >= 11 is 0. The van der Waals surface area contributed by atoms with E-state index in [2.05, 4.69) is 5.32 Å². The monoisotopic (exact) mass is 470 g/mol. The van der Waals surface area contributed by atoms with Crippen molar-refractivity contribution in [2.24, 2.45) is 0 Å². The molecule has 0 aromatic heterocycles. The molecule has 0 aliphatic carbocycles. The molecule has 0 unspecified atom stereocenters. The van der Waals surface area contributed by atoms with Gasteiger partial charge in [0.1, 0.15) is 12.6 Å². The number of methoxy groups -OCH3 is 1. The van der Waals surface area contributed by atoms with Gasteiger partial charge in [0.2, 0.25) is 11.8 Å². The molecule has 1 N–H and O–H groups in total. The summed E-state index contributed by atoms with van der Waals surface area (Å²) in [5, 5.41) is 2.96.